The standard InChI is InChI=1S/C36H24BrN3/c37-31-21-19-30(20-22-31)36(26-39)35(25-38)29-17-13-27(14-18-29)11-12-28-15-23-34(24-16-28)40(32-7-3-1-4-8-32)33-9-5-2-6-10-33/h1-24H/b12-11+,36-35+. The van der Waals surface area contributed by atoms with Crippen LogP contribution in [0, 0.1) is 22.7 Å². The highest BCUT2D eigenvalue weighted by Gasteiger charge is 2.12. The van der Waals surface area contributed by atoms with Crippen LogP contribution in [-0.2, 0) is 0 Å². The minimum absolute atomic E-state index is 0.359. The Kier molecular flexibility index (Phi) is 8.32. The van der Waals surface area contributed by atoms with E-state index in [1.54, 1.807) is 0 Å². The van der Waals surface area contributed by atoms with E-state index in [2.05, 4.69) is 87.6 Å². The van der Waals surface area contributed by atoms with Gasteiger partial charge in [-0.2, -0.15) is 10.5 Å². The van der Waals surface area contributed by atoms with Crippen LogP contribution in [0.15, 0.2) is 138 Å². The van der Waals surface area contributed by atoms with Crippen molar-refractivity contribution in [2.45, 2.75) is 0 Å². The van der Waals surface area contributed by atoms with Gasteiger partial charge in [-0.15, -0.1) is 0 Å². The Balaban J connectivity index is 1.36. The molecule has 0 atom stereocenters. The van der Waals surface area contributed by atoms with Gasteiger partial charge in [0.25, 0.3) is 0 Å². The molecule has 5 rings (SSSR count). The minimum atomic E-state index is 0.359. The smallest absolute Gasteiger partial charge is 0.101 e. The molecule has 5 aromatic carbocycles. The number of hydrogen-bond donors (Lipinski definition) is 0. The van der Waals surface area contributed by atoms with Gasteiger partial charge in [0.2, 0.25) is 0 Å². The third kappa shape index (κ3) is 6.11. The first-order chi connectivity index (χ1) is 19.7. The average molecular weight is 579 g/mol. The predicted octanol–water partition coefficient (Wildman–Crippen LogP) is 10.0. The molecule has 0 radical (unpaired) electrons. The summed E-state index contributed by atoms with van der Waals surface area (Å²) in [7, 11) is 0. The zero-order chi connectivity index (χ0) is 27.7. The highest BCUT2D eigenvalue weighted by Crippen LogP contribution is 2.34. The lowest BCUT2D eigenvalue weighted by molar-refractivity contribution is 1.28. The Morgan fingerprint density at radius 2 is 0.875 bits per heavy atom. The third-order valence-corrected chi connectivity index (χ3v) is 6.98. The van der Waals surface area contributed by atoms with E-state index in [4.69, 9.17) is 0 Å². The summed E-state index contributed by atoms with van der Waals surface area (Å²) >= 11 is 3.41. The van der Waals surface area contributed by atoms with E-state index in [-0.39, 0.29) is 0 Å². The summed E-state index contributed by atoms with van der Waals surface area (Å²) in [6.45, 7) is 0. The lowest BCUT2D eigenvalue weighted by atomic mass is 9.95. The summed E-state index contributed by atoms with van der Waals surface area (Å²) < 4.78 is 0.919. The first kappa shape index (κ1) is 26.4. The van der Waals surface area contributed by atoms with Crippen molar-refractivity contribution in [1.29, 1.82) is 10.5 Å². The molecule has 0 aromatic heterocycles. The highest BCUT2D eigenvalue weighted by atomic mass is 79.9. The van der Waals surface area contributed by atoms with Gasteiger partial charge in [0.1, 0.15) is 12.1 Å². The van der Waals surface area contributed by atoms with E-state index in [1.807, 2.05) is 91.0 Å². The molecule has 0 aliphatic rings. The topological polar surface area (TPSA) is 50.8 Å². The fourth-order valence-corrected chi connectivity index (χ4v) is 4.70. The van der Waals surface area contributed by atoms with Crippen LogP contribution in [0.2, 0.25) is 0 Å². The van der Waals surface area contributed by atoms with E-state index in [0.717, 1.165) is 32.7 Å². The van der Waals surface area contributed by atoms with Crippen molar-refractivity contribution in [3.63, 3.8) is 0 Å². The molecule has 0 bridgehead atoms. The Labute approximate surface area is 243 Å². The third-order valence-electron chi connectivity index (χ3n) is 6.45. The van der Waals surface area contributed by atoms with Crippen LogP contribution in [-0.4, -0.2) is 0 Å². The Hall–Kier alpha value is -5.16. The lowest BCUT2D eigenvalue weighted by Crippen LogP contribution is -2.09. The maximum atomic E-state index is 9.84. The molecular weight excluding hydrogens is 554 g/mol. The van der Waals surface area contributed by atoms with Crippen LogP contribution >= 0.6 is 15.9 Å². The van der Waals surface area contributed by atoms with Gasteiger partial charge in [0.15, 0.2) is 0 Å². The van der Waals surface area contributed by atoms with E-state index < -0.39 is 0 Å². The fourth-order valence-electron chi connectivity index (χ4n) is 4.44. The van der Waals surface area contributed by atoms with Gasteiger partial charge in [-0.25, -0.2) is 0 Å². The average Bonchev–Trinajstić information content (AvgIpc) is 3.01. The van der Waals surface area contributed by atoms with E-state index in [9.17, 15) is 10.5 Å². The maximum absolute atomic E-state index is 9.84. The molecular formula is C36H24BrN3. The Morgan fingerprint density at radius 3 is 1.30 bits per heavy atom. The zero-order valence-corrected chi connectivity index (χ0v) is 23.2. The van der Waals surface area contributed by atoms with Crippen molar-refractivity contribution in [1.82, 2.24) is 0 Å². The molecule has 4 heteroatoms. The van der Waals surface area contributed by atoms with Crippen LogP contribution in [0.3, 0.4) is 0 Å². The molecule has 5 aromatic rings. The normalized spacial score (nSPS) is 11.4. The molecule has 0 N–H and O–H groups in total. The molecule has 0 heterocycles. The second-order valence-corrected chi connectivity index (χ2v) is 9.95. The van der Waals surface area contributed by atoms with Crippen LogP contribution in [0.4, 0.5) is 17.1 Å². The number of halogens is 1. The largest absolute Gasteiger partial charge is 0.311 e. The fraction of sp³-hybridized carbons (Fsp3) is 0. The number of anilines is 3. The summed E-state index contributed by atoms with van der Waals surface area (Å²) in [5.41, 5.74) is 7.50. The van der Waals surface area contributed by atoms with Gasteiger partial charge in [-0.3, -0.25) is 0 Å². The quantitative estimate of drug-likeness (QED) is 0.143. The number of para-hydroxylation sites is 2. The molecule has 3 nitrogen and oxygen atoms in total. The number of nitrogens with zero attached hydrogens (tertiary/aromatic N) is 3. The zero-order valence-electron chi connectivity index (χ0n) is 21.6. The number of benzene rings is 5. The van der Waals surface area contributed by atoms with Crippen molar-refractivity contribution in [2.75, 3.05) is 4.90 Å². The molecule has 0 aliphatic carbocycles. The molecule has 0 amide bonds. The van der Waals surface area contributed by atoms with Crippen LogP contribution in [0.25, 0.3) is 23.3 Å². The monoisotopic (exact) mass is 577 g/mol. The molecule has 0 aliphatic heterocycles. The predicted molar refractivity (Wildman–Crippen MR) is 169 cm³/mol. The second-order valence-electron chi connectivity index (χ2n) is 9.03. The summed E-state index contributed by atoms with van der Waals surface area (Å²) in [4.78, 5) is 2.23. The van der Waals surface area contributed by atoms with Gasteiger partial charge in [-0.1, -0.05) is 113 Å². The first-order valence-corrected chi connectivity index (χ1v) is 13.5. The summed E-state index contributed by atoms with van der Waals surface area (Å²) in [6, 6.07) is 48.6. The number of rotatable bonds is 7. The number of hydrogen-bond acceptors (Lipinski definition) is 3. The number of nitriles is 2. The van der Waals surface area contributed by atoms with Gasteiger partial charge in [0, 0.05) is 21.5 Å². The highest BCUT2D eigenvalue weighted by molar-refractivity contribution is 9.10. The summed E-state index contributed by atoms with van der Waals surface area (Å²) in [6.07, 6.45) is 4.11. The van der Waals surface area contributed by atoms with Crippen LogP contribution in [0.5, 0.6) is 0 Å². The van der Waals surface area contributed by atoms with E-state index in [1.165, 1.54) is 0 Å². The molecule has 0 spiro atoms. The molecule has 0 saturated heterocycles. The van der Waals surface area contributed by atoms with Gasteiger partial charge >= 0.3 is 0 Å². The summed E-state index contributed by atoms with van der Waals surface area (Å²) in [5.74, 6) is 0. The van der Waals surface area contributed by atoms with Crippen molar-refractivity contribution in [2.24, 2.45) is 0 Å². The van der Waals surface area contributed by atoms with E-state index >= 15 is 0 Å². The van der Waals surface area contributed by atoms with Crippen molar-refractivity contribution in [3.8, 4) is 12.1 Å². The maximum Gasteiger partial charge on any atom is 0.101 e. The Morgan fingerprint density at radius 1 is 0.500 bits per heavy atom. The van der Waals surface area contributed by atoms with Gasteiger partial charge < -0.3 is 4.90 Å². The molecule has 0 fully saturated rings. The second kappa shape index (κ2) is 12.6. The molecule has 40 heavy (non-hydrogen) atoms. The van der Waals surface area contributed by atoms with Crippen molar-refractivity contribution >= 4 is 56.3 Å². The lowest BCUT2D eigenvalue weighted by Gasteiger charge is -2.25. The molecule has 0 unspecified atom stereocenters. The molecule has 0 saturated carbocycles. The first-order valence-electron chi connectivity index (χ1n) is 12.8. The number of allylic oxidation sites excluding steroid dienone is 2. The van der Waals surface area contributed by atoms with Crippen molar-refractivity contribution in [3.05, 3.63) is 160 Å². The van der Waals surface area contributed by atoms with Gasteiger partial charge in [-0.05, 0) is 70.8 Å². The van der Waals surface area contributed by atoms with E-state index in [0.29, 0.717) is 22.3 Å². The van der Waals surface area contributed by atoms with Crippen molar-refractivity contribution < 1.29 is 0 Å². The minimum Gasteiger partial charge on any atom is -0.311 e. The van der Waals surface area contributed by atoms with Gasteiger partial charge in [0.05, 0.1) is 11.1 Å². The van der Waals surface area contributed by atoms with Crippen LogP contribution < -0.4 is 4.90 Å². The van der Waals surface area contributed by atoms with Crippen LogP contribution in [0.1, 0.15) is 22.3 Å². The Bertz CT molecular complexity index is 1680. The summed E-state index contributed by atoms with van der Waals surface area (Å²) in [5, 5.41) is 19.6. The SMILES string of the molecule is N#C/C(=C(/C#N)c1ccc(/C=C/c2ccc(N(c3ccccc3)c3ccccc3)cc2)cc1)c1ccc(Br)cc1. The molecule has 190 valence electrons.